The first kappa shape index (κ1) is 13.2. The maximum atomic E-state index is 12.1. The number of anilines is 1. The highest BCUT2D eigenvalue weighted by Gasteiger charge is 2.27. The number of hydrogen-bond acceptors (Lipinski definition) is 2. The van der Waals surface area contributed by atoms with Gasteiger partial charge in [-0.05, 0) is 18.2 Å². The highest BCUT2D eigenvalue weighted by molar-refractivity contribution is 8.00. The number of benzene rings is 1. The minimum Gasteiger partial charge on any atom is -0.297 e. The van der Waals surface area contributed by atoms with Gasteiger partial charge in [-0.1, -0.05) is 26.8 Å². The standard InChI is InChI=1S/C11H14F3NS/c1-10(2,3)16-9-6-4-5-8(7-9)15-11(12,13)14/h4-7,15H,1-3H3. The number of nitrogens with one attached hydrogen (secondary N) is 1. The Balaban J connectivity index is 2.79. The largest absolute Gasteiger partial charge is 0.482 e. The van der Waals surface area contributed by atoms with Crippen molar-refractivity contribution in [1.82, 2.24) is 0 Å². The monoisotopic (exact) mass is 249 g/mol. The molecule has 0 aliphatic rings. The summed E-state index contributed by atoms with van der Waals surface area (Å²) in [6.45, 7) is 6.05. The van der Waals surface area contributed by atoms with Crippen LogP contribution in [0.3, 0.4) is 0 Å². The zero-order valence-corrected chi connectivity index (χ0v) is 10.2. The lowest BCUT2D eigenvalue weighted by Gasteiger charge is -2.18. The smallest absolute Gasteiger partial charge is 0.297 e. The summed E-state index contributed by atoms with van der Waals surface area (Å²) >= 11 is 1.53. The van der Waals surface area contributed by atoms with E-state index in [1.807, 2.05) is 20.8 Å². The van der Waals surface area contributed by atoms with Crippen molar-refractivity contribution >= 4 is 17.4 Å². The number of hydrogen-bond donors (Lipinski definition) is 1. The Hall–Kier alpha value is -0.840. The SMILES string of the molecule is CC(C)(C)Sc1cccc(NC(F)(F)F)c1. The Labute approximate surface area is 97.4 Å². The van der Waals surface area contributed by atoms with Crippen molar-refractivity contribution in [3.05, 3.63) is 24.3 Å². The molecule has 0 atom stereocenters. The normalized spacial score (nSPS) is 12.6. The van der Waals surface area contributed by atoms with Crippen LogP contribution in [-0.4, -0.2) is 11.0 Å². The van der Waals surface area contributed by atoms with Gasteiger partial charge in [-0.25, -0.2) is 0 Å². The van der Waals surface area contributed by atoms with Crippen molar-refractivity contribution < 1.29 is 13.2 Å². The van der Waals surface area contributed by atoms with Gasteiger partial charge in [0, 0.05) is 15.3 Å². The van der Waals surface area contributed by atoms with Crippen LogP contribution < -0.4 is 5.32 Å². The van der Waals surface area contributed by atoms with E-state index < -0.39 is 6.30 Å². The predicted octanol–water partition coefficient (Wildman–Crippen LogP) is 4.51. The lowest BCUT2D eigenvalue weighted by Crippen LogP contribution is -2.20. The fourth-order valence-corrected chi connectivity index (χ4v) is 2.19. The van der Waals surface area contributed by atoms with Gasteiger partial charge in [0.05, 0.1) is 0 Å². The van der Waals surface area contributed by atoms with Crippen molar-refractivity contribution in [2.75, 3.05) is 5.32 Å². The van der Waals surface area contributed by atoms with Crippen molar-refractivity contribution in [2.45, 2.75) is 36.7 Å². The Kier molecular flexibility index (Phi) is 3.78. The van der Waals surface area contributed by atoms with E-state index in [0.717, 1.165) is 4.90 Å². The highest BCUT2D eigenvalue weighted by Crippen LogP contribution is 2.33. The molecule has 1 rings (SSSR count). The van der Waals surface area contributed by atoms with Crippen LogP contribution in [0.25, 0.3) is 0 Å². The van der Waals surface area contributed by atoms with Crippen LogP contribution in [-0.2, 0) is 0 Å². The highest BCUT2D eigenvalue weighted by atomic mass is 32.2. The molecule has 0 heterocycles. The summed E-state index contributed by atoms with van der Waals surface area (Å²) in [4.78, 5) is 0.821. The molecule has 0 saturated carbocycles. The molecule has 0 amide bonds. The first-order valence-electron chi connectivity index (χ1n) is 4.80. The summed E-state index contributed by atoms with van der Waals surface area (Å²) in [5.41, 5.74) is 0.0711. The summed E-state index contributed by atoms with van der Waals surface area (Å²) in [5, 5.41) is 1.49. The topological polar surface area (TPSA) is 12.0 Å². The maximum Gasteiger partial charge on any atom is 0.482 e. The van der Waals surface area contributed by atoms with E-state index in [1.54, 1.807) is 12.1 Å². The Morgan fingerprint density at radius 3 is 2.25 bits per heavy atom. The molecule has 1 N–H and O–H groups in total. The second-order valence-electron chi connectivity index (χ2n) is 4.37. The molecule has 0 bridgehead atoms. The van der Waals surface area contributed by atoms with Gasteiger partial charge >= 0.3 is 6.30 Å². The van der Waals surface area contributed by atoms with Gasteiger partial charge < -0.3 is 0 Å². The van der Waals surface area contributed by atoms with Crippen LogP contribution >= 0.6 is 11.8 Å². The number of alkyl halides is 3. The zero-order valence-electron chi connectivity index (χ0n) is 9.35. The van der Waals surface area contributed by atoms with Gasteiger partial charge in [0.1, 0.15) is 0 Å². The Morgan fingerprint density at radius 2 is 1.75 bits per heavy atom. The van der Waals surface area contributed by atoms with Crippen LogP contribution in [0, 0.1) is 0 Å². The molecule has 1 aromatic rings. The van der Waals surface area contributed by atoms with Crippen LogP contribution in [0.1, 0.15) is 20.8 Å². The summed E-state index contributed by atoms with van der Waals surface area (Å²) < 4.78 is 36.3. The number of rotatable bonds is 2. The third kappa shape index (κ3) is 5.30. The molecule has 0 aliphatic carbocycles. The van der Waals surface area contributed by atoms with E-state index in [1.165, 1.54) is 29.2 Å². The van der Waals surface area contributed by atoms with Gasteiger partial charge in [0.15, 0.2) is 0 Å². The molecule has 0 fully saturated rings. The minimum atomic E-state index is -4.38. The van der Waals surface area contributed by atoms with E-state index in [4.69, 9.17) is 0 Å². The summed E-state index contributed by atoms with van der Waals surface area (Å²) in [6, 6.07) is 6.32. The average molecular weight is 249 g/mol. The first-order valence-corrected chi connectivity index (χ1v) is 5.61. The first-order chi connectivity index (χ1) is 7.16. The van der Waals surface area contributed by atoms with Gasteiger partial charge in [0.25, 0.3) is 0 Å². The van der Waals surface area contributed by atoms with Gasteiger partial charge in [-0.15, -0.1) is 11.8 Å². The van der Waals surface area contributed by atoms with Crippen LogP contribution in [0.2, 0.25) is 0 Å². The van der Waals surface area contributed by atoms with Crippen LogP contribution in [0.4, 0.5) is 18.9 Å². The number of halogens is 3. The molecule has 0 unspecified atom stereocenters. The molecule has 16 heavy (non-hydrogen) atoms. The third-order valence-corrected chi connectivity index (χ3v) is 2.65. The summed E-state index contributed by atoms with van der Waals surface area (Å²) in [5.74, 6) is 0. The number of thioether (sulfide) groups is 1. The molecule has 0 saturated heterocycles. The van der Waals surface area contributed by atoms with E-state index in [0.29, 0.717) is 0 Å². The molecule has 1 nitrogen and oxygen atoms in total. The molecule has 0 radical (unpaired) electrons. The van der Waals surface area contributed by atoms with E-state index in [-0.39, 0.29) is 10.4 Å². The zero-order chi connectivity index (χ0) is 12.4. The minimum absolute atomic E-state index is 0.0170. The fraction of sp³-hybridized carbons (Fsp3) is 0.455. The van der Waals surface area contributed by atoms with E-state index >= 15 is 0 Å². The summed E-state index contributed by atoms with van der Waals surface area (Å²) in [7, 11) is 0. The van der Waals surface area contributed by atoms with Crippen molar-refractivity contribution in [3.8, 4) is 0 Å². The lowest BCUT2D eigenvalue weighted by molar-refractivity contribution is -0.0999. The molecule has 0 aliphatic heterocycles. The predicted molar refractivity (Wildman–Crippen MR) is 61.7 cm³/mol. The van der Waals surface area contributed by atoms with Crippen molar-refractivity contribution in [3.63, 3.8) is 0 Å². The van der Waals surface area contributed by atoms with Crippen molar-refractivity contribution in [1.29, 1.82) is 0 Å². The molecule has 90 valence electrons. The maximum absolute atomic E-state index is 12.1. The second kappa shape index (κ2) is 4.57. The van der Waals surface area contributed by atoms with Gasteiger partial charge in [-0.3, -0.25) is 5.32 Å². The molecule has 1 aromatic carbocycles. The fourth-order valence-electron chi connectivity index (χ4n) is 1.15. The van der Waals surface area contributed by atoms with Gasteiger partial charge in [0.2, 0.25) is 0 Å². The average Bonchev–Trinajstić information content (AvgIpc) is 1.96. The summed E-state index contributed by atoms with van der Waals surface area (Å²) in [6.07, 6.45) is -4.38. The molecular formula is C11H14F3NS. The quantitative estimate of drug-likeness (QED) is 0.611. The lowest BCUT2D eigenvalue weighted by atomic mass is 10.3. The molecular weight excluding hydrogens is 235 g/mol. The van der Waals surface area contributed by atoms with Gasteiger partial charge in [-0.2, -0.15) is 13.2 Å². The Bertz CT molecular complexity index is 324. The van der Waals surface area contributed by atoms with E-state index in [9.17, 15) is 13.2 Å². The van der Waals surface area contributed by atoms with Crippen LogP contribution in [0.5, 0.6) is 0 Å². The van der Waals surface area contributed by atoms with Crippen LogP contribution in [0.15, 0.2) is 29.2 Å². The van der Waals surface area contributed by atoms with E-state index in [2.05, 4.69) is 0 Å². The van der Waals surface area contributed by atoms with Crippen molar-refractivity contribution in [2.24, 2.45) is 0 Å². The molecule has 0 spiro atoms. The Morgan fingerprint density at radius 1 is 1.12 bits per heavy atom. The molecule has 5 heteroatoms. The third-order valence-electron chi connectivity index (χ3n) is 1.54. The molecule has 0 aromatic heterocycles. The second-order valence-corrected chi connectivity index (χ2v) is 6.27.